The van der Waals surface area contributed by atoms with Crippen LogP contribution in [0.25, 0.3) is 0 Å². The largest absolute Gasteiger partial charge is 0.481 e. The van der Waals surface area contributed by atoms with E-state index in [-0.39, 0.29) is 6.42 Å². The van der Waals surface area contributed by atoms with E-state index in [1.54, 1.807) is 0 Å². The van der Waals surface area contributed by atoms with Crippen LogP contribution < -0.4 is 4.90 Å². The molecule has 4 nitrogen and oxygen atoms in total. The molecule has 0 aliphatic heterocycles. The molecule has 1 rings (SSSR count). The highest BCUT2D eigenvalue weighted by Gasteiger charge is 2.15. The number of benzene rings is 1. The number of aliphatic hydroxyl groups excluding tert-OH is 1. The van der Waals surface area contributed by atoms with Gasteiger partial charge in [-0.05, 0) is 31.9 Å². The number of anilines is 1. The standard InChI is InChI=1S/C14H21NO3/c1-9-5-10(2)14(11(3)6-9)15(4)8-12(16)7-13(17)18/h5-6,12,16H,7-8H2,1-4H3,(H,17,18). The Hall–Kier alpha value is -1.55. The molecule has 0 aliphatic rings. The first-order valence-electron chi connectivity index (χ1n) is 6.00. The van der Waals surface area contributed by atoms with Crippen LogP contribution in [0.3, 0.4) is 0 Å². The fourth-order valence-corrected chi connectivity index (χ4v) is 2.45. The van der Waals surface area contributed by atoms with E-state index >= 15 is 0 Å². The van der Waals surface area contributed by atoms with Gasteiger partial charge in [0.15, 0.2) is 0 Å². The first kappa shape index (κ1) is 14.5. The van der Waals surface area contributed by atoms with Gasteiger partial charge in [-0.2, -0.15) is 0 Å². The maximum Gasteiger partial charge on any atom is 0.306 e. The van der Waals surface area contributed by atoms with Gasteiger partial charge in [-0.3, -0.25) is 4.79 Å². The quantitative estimate of drug-likeness (QED) is 0.839. The summed E-state index contributed by atoms with van der Waals surface area (Å²) >= 11 is 0. The van der Waals surface area contributed by atoms with Crippen molar-refractivity contribution in [2.24, 2.45) is 0 Å². The van der Waals surface area contributed by atoms with Gasteiger partial charge in [0.2, 0.25) is 0 Å². The monoisotopic (exact) mass is 251 g/mol. The summed E-state index contributed by atoms with van der Waals surface area (Å²) in [4.78, 5) is 12.4. The first-order chi connectivity index (χ1) is 8.31. The molecule has 0 fully saturated rings. The van der Waals surface area contributed by atoms with Crippen molar-refractivity contribution in [3.8, 4) is 0 Å². The van der Waals surface area contributed by atoms with Crippen LogP contribution in [0.1, 0.15) is 23.1 Å². The number of likely N-dealkylation sites (N-methyl/N-ethyl adjacent to an activating group) is 1. The van der Waals surface area contributed by atoms with Crippen molar-refractivity contribution >= 4 is 11.7 Å². The van der Waals surface area contributed by atoms with Crippen LogP contribution in [0.2, 0.25) is 0 Å². The lowest BCUT2D eigenvalue weighted by Gasteiger charge is -2.26. The Labute approximate surface area is 108 Å². The number of rotatable bonds is 5. The van der Waals surface area contributed by atoms with E-state index in [2.05, 4.69) is 12.1 Å². The Bertz CT molecular complexity index is 420. The lowest BCUT2D eigenvalue weighted by molar-refractivity contribution is -0.139. The molecule has 0 spiro atoms. The maximum atomic E-state index is 10.5. The highest BCUT2D eigenvalue weighted by atomic mass is 16.4. The fourth-order valence-electron chi connectivity index (χ4n) is 2.45. The van der Waals surface area contributed by atoms with E-state index in [1.165, 1.54) is 5.56 Å². The Kier molecular flexibility index (Phi) is 4.73. The zero-order valence-corrected chi connectivity index (χ0v) is 11.4. The minimum atomic E-state index is -0.978. The van der Waals surface area contributed by atoms with Gasteiger partial charge >= 0.3 is 5.97 Å². The molecule has 100 valence electrons. The summed E-state index contributed by atoms with van der Waals surface area (Å²) in [7, 11) is 1.87. The first-order valence-corrected chi connectivity index (χ1v) is 6.00. The molecule has 0 saturated carbocycles. The van der Waals surface area contributed by atoms with Gasteiger partial charge in [-0.25, -0.2) is 0 Å². The molecule has 0 saturated heterocycles. The molecular formula is C14H21NO3. The second-order valence-electron chi connectivity index (χ2n) is 4.88. The van der Waals surface area contributed by atoms with Gasteiger partial charge in [0.1, 0.15) is 0 Å². The predicted octanol–water partition coefficient (Wildman–Crippen LogP) is 1.88. The number of aliphatic hydroxyl groups is 1. The van der Waals surface area contributed by atoms with E-state index in [0.717, 1.165) is 16.8 Å². The molecule has 1 aromatic rings. The Morgan fingerprint density at radius 1 is 1.28 bits per heavy atom. The number of carboxylic acid groups (broad SMARTS) is 1. The fraction of sp³-hybridized carbons (Fsp3) is 0.500. The van der Waals surface area contributed by atoms with E-state index in [4.69, 9.17) is 5.11 Å². The van der Waals surface area contributed by atoms with Crippen molar-refractivity contribution in [2.45, 2.75) is 33.3 Å². The number of nitrogens with zero attached hydrogens (tertiary/aromatic N) is 1. The third-order valence-electron chi connectivity index (χ3n) is 2.91. The van der Waals surface area contributed by atoms with Crippen LogP contribution in [0.4, 0.5) is 5.69 Å². The molecule has 1 aromatic carbocycles. The van der Waals surface area contributed by atoms with Crippen LogP contribution in [0.15, 0.2) is 12.1 Å². The number of hydrogen-bond acceptors (Lipinski definition) is 3. The highest BCUT2D eigenvalue weighted by Crippen LogP contribution is 2.25. The van der Waals surface area contributed by atoms with Gasteiger partial charge in [0.25, 0.3) is 0 Å². The zero-order valence-electron chi connectivity index (χ0n) is 11.4. The second-order valence-corrected chi connectivity index (χ2v) is 4.88. The van der Waals surface area contributed by atoms with Gasteiger partial charge in [-0.15, -0.1) is 0 Å². The molecule has 1 atom stereocenters. The lowest BCUT2D eigenvalue weighted by Crippen LogP contribution is -2.31. The molecule has 18 heavy (non-hydrogen) atoms. The molecule has 0 heterocycles. The number of aryl methyl sites for hydroxylation is 3. The minimum absolute atomic E-state index is 0.228. The topological polar surface area (TPSA) is 60.8 Å². The van der Waals surface area contributed by atoms with Gasteiger partial charge in [-0.1, -0.05) is 17.7 Å². The maximum absolute atomic E-state index is 10.5. The van der Waals surface area contributed by atoms with Crippen molar-refractivity contribution in [1.82, 2.24) is 0 Å². The number of carbonyl (C=O) groups is 1. The van der Waals surface area contributed by atoms with Crippen LogP contribution in [-0.2, 0) is 4.79 Å². The number of aliphatic carboxylic acids is 1. The van der Waals surface area contributed by atoms with Crippen LogP contribution in [0, 0.1) is 20.8 Å². The molecule has 0 amide bonds. The SMILES string of the molecule is Cc1cc(C)c(N(C)CC(O)CC(=O)O)c(C)c1. The van der Waals surface area contributed by atoms with Crippen molar-refractivity contribution in [2.75, 3.05) is 18.5 Å². The summed E-state index contributed by atoms with van der Waals surface area (Å²) in [6, 6.07) is 4.17. The van der Waals surface area contributed by atoms with Crippen molar-refractivity contribution in [3.63, 3.8) is 0 Å². The summed E-state index contributed by atoms with van der Waals surface area (Å²) in [5.74, 6) is -0.978. The van der Waals surface area contributed by atoms with E-state index in [0.29, 0.717) is 6.54 Å². The smallest absolute Gasteiger partial charge is 0.306 e. The van der Waals surface area contributed by atoms with Crippen molar-refractivity contribution in [1.29, 1.82) is 0 Å². The lowest BCUT2D eigenvalue weighted by atomic mass is 10.0. The second kappa shape index (κ2) is 5.87. The number of carboxylic acids is 1. The molecule has 0 bridgehead atoms. The average Bonchev–Trinajstić information content (AvgIpc) is 2.12. The molecular weight excluding hydrogens is 230 g/mol. The molecule has 2 N–H and O–H groups in total. The highest BCUT2D eigenvalue weighted by molar-refractivity contribution is 5.67. The van der Waals surface area contributed by atoms with Gasteiger partial charge in [0, 0.05) is 19.3 Å². The third-order valence-corrected chi connectivity index (χ3v) is 2.91. The third kappa shape index (κ3) is 3.74. The van der Waals surface area contributed by atoms with Crippen molar-refractivity contribution < 1.29 is 15.0 Å². The average molecular weight is 251 g/mol. The molecule has 0 aliphatic carbocycles. The Balaban J connectivity index is 2.84. The van der Waals surface area contributed by atoms with E-state index < -0.39 is 12.1 Å². The Morgan fingerprint density at radius 3 is 2.22 bits per heavy atom. The summed E-state index contributed by atoms with van der Waals surface area (Å²) < 4.78 is 0. The molecule has 1 unspecified atom stereocenters. The van der Waals surface area contributed by atoms with E-state index in [9.17, 15) is 9.90 Å². The summed E-state index contributed by atoms with van der Waals surface area (Å²) in [6.45, 7) is 6.41. The minimum Gasteiger partial charge on any atom is -0.481 e. The van der Waals surface area contributed by atoms with Crippen molar-refractivity contribution in [3.05, 3.63) is 28.8 Å². The summed E-state index contributed by atoms with van der Waals surface area (Å²) in [5.41, 5.74) is 4.54. The summed E-state index contributed by atoms with van der Waals surface area (Å²) in [6.07, 6.45) is -1.08. The molecule has 0 radical (unpaired) electrons. The zero-order chi connectivity index (χ0) is 13.9. The van der Waals surface area contributed by atoms with Gasteiger partial charge in [0.05, 0.1) is 12.5 Å². The Morgan fingerprint density at radius 2 is 1.78 bits per heavy atom. The summed E-state index contributed by atoms with van der Waals surface area (Å²) in [5, 5.41) is 18.3. The normalized spacial score (nSPS) is 12.3. The van der Waals surface area contributed by atoms with E-state index in [1.807, 2.05) is 32.7 Å². The van der Waals surface area contributed by atoms with Crippen LogP contribution >= 0.6 is 0 Å². The number of hydrogen-bond donors (Lipinski definition) is 2. The molecule has 0 aromatic heterocycles. The van der Waals surface area contributed by atoms with Gasteiger partial charge < -0.3 is 15.1 Å². The molecule has 4 heteroatoms. The predicted molar refractivity (Wildman–Crippen MR) is 72.2 cm³/mol. The van der Waals surface area contributed by atoms with Crippen LogP contribution in [-0.4, -0.2) is 35.9 Å². The van der Waals surface area contributed by atoms with Crippen LogP contribution in [0.5, 0.6) is 0 Å².